The van der Waals surface area contributed by atoms with Gasteiger partial charge >= 0.3 is 0 Å². The van der Waals surface area contributed by atoms with Crippen molar-refractivity contribution in [3.05, 3.63) is 285 Å². The average Bonchev–Trinajstić information content (AvgIpc) is 2.64. The van der Waals surface area contributed by atoms with Crippen LogP contribution in [0.4, 0.5) is 0 Å². The van der Waals surface area contributed by atoms with E-state index in [9.17, 15) is 0 Å². The van der Waals surface area contributed by atoms with Gasteiger partial charge in [-0.3, -0.25) is 9.13 Å². The van der Waals surface area contributed by atoms with Crippen LogP contribution in [0.1, 0.15) is 0 Å². The van der Waals surface area contributed by atoms with Gasteiger partial charge in [0.25, 0.3) is 0 Å². The Kier molecular flexibility index (Phi) is 9.21. The Morgan fingerprint density at radius 3 is 0.560 bits per heavy atom. The molecule has 0 N–H and O–H groups in total. The summed E-state index contributed by atoms with van der Waals surface area (Å²) in [5.41, 5.74) is 18.2. The van der Waals surface area contributed by atoms with Gasteiger partial charge in [0.2, 0.25) is 0 Å². The lowest BCUT2D eigenvalue weighted by molar-refractivity contribution is 1.01. The molecule has 0 atom stereocenters. The third-order valence-electron chi connectivity index (χ3n) is 18.0. The maximum atomic E-state index is 5.78. The molecule has 0 saturated carbocycles. The Hall–Kier alpha value is -11.4. The lowest BCUT2D eigenvalue weighted by Gasteiger charge is -2.13. The van der Waals surface area contributed by atoms with Gasteiger partial charge in [0.05, 0.1) is 66.2 Å². The molecule has 0 saturated heterocycles. The van der Waals surface area contributed by atoms with Crippen LogP contribution in [0.25, 0.3) is 165 Å². The average molecular weight is 1070 g/mol. The van der Waals surface area contributed by atoms with Crippen molar-refractivity contribution in [3.8, 4) is 34.4 Å². The molecule has 0 aliphatic heterocycles. The minimum absolute atomic E-state index is 0.834. The third-order valence-corrected chi connectivity index (χ3v) is 18.0. The van der Waals surface area contributed by atoms with Crippen LogP contribution in [0, 0.1) is 0 Å². The first-order valence-electron chi connectivity index (χ1n) is 28.8. The van der Waals surface area contributed by atoms with E-state index in [1.807, 2.05) is 0 Å². The van der Waals surface area contributed by atoms with Crippen LogP contribution in [-0.2, 0) is 0 Å². The number of pyridine rings is 1. The topological polar surface area (TPSA) is 42.5 Å². The van der Waals surface area contributed by atoms with Crippen molar-refractivity contribution in [2.45, 2.75) is 0 Å². The minimum Gasteiger partial charge on any atom is -0.309 e. The van der Waals surface area contributed by atoms with E-state index in [-0.39, 0.29) is 0 Å². The van der Waals surface area contributed by atoms with Gasteiger partial charge in [-0.1, -0.05) is 152 Å². The van der Waals surface area contributed by atoms with Crippen molar-refractivity contribution in [1.29, 1.82) is 0 Å². The maximum absolute atomic E-state index is 5.78. The van der Waals surface area contributed by atoms with Crippen molar-refractivity contribution in [3.63, 3.8) is 0 Å². The van der Waals surface area contributed by atoms with Crippen LogP contribution >= 0.6 is 0 Å². The van der Waals surface area contributed by atoms with Crippen LogP contribution < -0.4 is 0 Å². The van der Waals surface area contributed by atoms with Gasteiger partial charge in [-0.2, -0.15) is 0 Å². The van der Waals surface area contributed by atoms with Crippen molar-refractivity contribution in [2.24, 2.45) is 0 Å². The van der Waals surface area contributed by atoms with Crippen LogP contribution in [0.5, 0.6) is 0 Å². The van der Waals surface area contributed by atoms with Crippen molar-refractivity contribution in [1.82, 2.24) is 32.4 Å². The normalized spacial score (nSPS) is 12.3. The Morgan fingerprint density at radius 1 is 0.155 bits per heavy atom. The lowest BCUT2D eigenvalue weighted by atomic mass is 10.1. The number of hydrogen-bond acceptors (Lipinski definition) is 1. The molecule has 7 aromatic heterocycles. The summed E-state index contributed by atoms with van der Waals surface area (Å²) in [6.07, 6.45) is 0. The van der Waals surface area contributed by atoms with Gasteiger partial charge in [-0.05, 0) is 133 Å². The van der Waals surface area contributed by atoms with E-state index in [1.54, 1.807) is 0 Å². The SMILES string of the molecule is c1cc(-n2c3ccc(-n4c5ccccc5c5ccccc54)cc3c3cc(-n4c5ccccc5c5ccccc54)ccc32)nc(-n2c3ccc(-n4c5ccccc5c5ccccc54)cc3c3cc(-n4c5ccccc5c5ccccc54)ccc32)c1. The zero-order valence-electron chi connectivity index (χ0n) is 45.3. The first-order valence-corrected chi connectivity index (χ1v) is 28.8. The van der Waals surface area contributed by atoms with Crippen LogP contribution in [0.3, 0.4) is 0 Å². The molecule has 390 valence electrons. The smallest absolute Gasteiger partial charge is 0.140 e. The fourth-order valence-electron chi connectivity index (χ4n) is 14.5. The highest BCUT2D eigenvalue weighted by Gasteiger charge is 2.23. The van der Waals surface area contributed by atoms with Gasteiger partial charge in [0, 0.05) is 87.4 Å². The molecule has 84 heavy (non-hydrogen) atoms. The lowest BCUT2D eigenvalue weighted by Crippen LogP contribution is -2.03. The molecule has 0 spiro atoms. The molecular weight excluding hydrogens is 1020 g/mol. The number of nitrogens with zero attached hydrogens (tertiary/aromatic N) is 7. The molecule has 7 heteroatoms. The quantitative estimate of drug-likeness (QED) is 0.164. The first-order chi connectivity index (χ1) is 41.7. The summed E-state index contributed by atoms with van der Waals surface area (Å²) in [6.45, 7) is 0. The summed E-state index contributed by atoms with van der Waals surface area (Å²) in [6, 6.07) is 104. The third kappa shape index (κ3) is 6.21. The van der Waals surface area contributed by atoms with E-state index in [0.29, 0.717) is 0 Å². The molecular formula is C77H47N7. The number of benzene rings is 12. The number of para-hydroxylation sites is 8. The molecule has 0 amide bonds. The second kappa shape index (κ2) is 17.1. The van der Waals surface area contributed by atoms with E-state index in [1.165, 1.54) is 87.2 Å². The highest BCUT2D eigenvalue weighted by atomic mass is 15.1. The van der Waals surface area contributed by atoms with Gasteiger partial charge < -0.3 is 18.3 Å². The Bertz CT molecular complexity index is 5090. The number of hydrogen-bond donors (Lipinski definition) is 0. The van der Waals surface area contributed by atoms with Gasteiger partial charge in [-0.25, -0.2) is 4.98 Å². The molecule has 12 aromatic carbocycles. The van der Waals surface area contributed by atoms with E-state index in [4.69, 9.17) is 4.98 Å². The molecule has 0 bridgehead atoms. The standard InChI is InChI=1S/C77H47N7/c1-9-26-64-52(18-1)53-19-2-10-27-65(53)79(64)48-36-40-72-60(44-48)61-45-49(80-66-28-11-3-20-54(66)55-21-4-12-29-67(55)80)37-41-73(61)83(72)76-34-17-35-77(78-76)84-74-42-38-50(81-68-30-13-5-22-56(68)57-23-6-14-31-69(57)81)46-62(74)63-47-51(39-43-75(63)84)82-70-32-15-7-24-58(70)59-25-8-16-33-71(59)82/h1-47H. The van der Waals surface area contributed by atoms with E-state index in [0.717, 1.165) is 78.0 Å². The molecule has 0 unspecified atom stereocenters. The van der Waals surface area contributed by atoms with Gasteiger partial charge in [0.1, 0.15) is 11.6 Å². The summed E-state index contributed by atoms with van der Waals surface area (Å²) in [5.74, 6) is 1.67. The summed E-state index contributed by atoms with van der Waals surface area (Å²) in [4.78, 5) is 5.78. The van der Waals surface area contributed by atoms with E-state index in [2.05, 4.69) is 313 Å². The van der Waals surface area contributed by atoms with E-state index >= 15 is 0 Å². The number of aromatic nitrogens is 7. The Balaban J connectivity index is 0.856. The van der Waals surface area contributed by atoms with E-state index < -0.39 is 0 Å². The molecule has 0 aliphatic carbocycles. The maximum Gasteiger partial charge on any atom is 0.140 e. The fraction of sp³-hybridized carbons (Fsp3) is 0. The molecule has 19 rings (SSSR count). The van der Waals surface area contributed by atoms with Crippen LogP contribution in [0.2, 0.25) is 0 Å². The second-order valence-corrected chi connectivity index (χ2v) is 22.3. The van der Waals surface area contributed by atoms with Crippen LogP contribution in [0.15, 0.2) is 285 Å². The fourth-order valence-corrected chi connectivity index (χ4v) is 14.5. The second-order valence-electron chi connectivity index (χ2n) is 22.3. The zero-order chi connectivity index (χ0) is 54.7. The summed E-state index contributed by atoms with van der Waals surface area (Å²) < 4.78 is 14.4. The summed E-state index contributed by atoms with van der Waals surface area (Å²) in [5, 5.41) is 14.5. The largest absolute Gasteiger partial charge is 0.309 e. The molecule has 0 aliphatic rings. The minimum atomic E-state index is 0.834. The predicted molar refractivity (Wildman–Crippen MR) is 350 cm³/mol. The Morgan fingerprint density at radius 2 is 0.345 bits per heavy atom. The molecule has 0 radical (unpaired) electrons. The highest BCUT2D eigenvalue weighted by molar-refractivity contribution is 6.16. The Labute approximate surface area is 480 Å². The molecule has 7 heterocycles. The number of fused-ring (bicyclic) bond motifs is 18. The van der Waals surface area contributed by atoms with Crippen LogP contribution in [-0.4, -0.2) is 32.4 Å². The summed E-state index contributed by atoms with van der Waals surface area (Å²) in [7, 11) is 0. The van der Waals surface area contributed by atoms with Gasteiger partial charge in [-0.15, -0.1) is 0 Å². The van der Waals surface area contributed by atoms with Crippen molar-refractivity contribution < 1.29 is 0 Å². The van der Waals surface area contributed by atoms with Crippen molar-refractivity contribution >= 4 is 131 Å². The monoisotopic (exact) mass is 1070 g/mol. The first kappa shape index (κ1) is 45.3. The molecule has 0 fully saturated rings. The van der Waals surface area contributed by atoms with Gasteiger partial charge in [0.15, 0.2) is 0 Å². The predicted octanol–water partition coefficient (Wildman–Crippen LogP) is 19.7. The zero-order valence-corrected chi connectivity index (χ0v) is 45.3. The summed E-state index contributed by atoms with van der Waals surface area (Å²) >= 11 is 0. The molecule has 7 nitrogen and oxygen atoms in total. The van der Waals surface area contributed by atoms with Crippen molar-refractivity contribution in [2.75, 3.05) is 0 Å². The highest BCUT2D eigenvalue weighted by Crippen LogP contribution is 2.43. The molecule has 19 aromatic rings. The number of rotatable bonds is 6.